The highest BCUT2D eigenvalue weighted by Crippen LogP contribution is 2.33. The molecular formula is C21H21FN4O2S. The summed E-state index contributed by atoms with van der Waals surface area (Å²) in [5.41, 5.74) is 3.01. The number of anilines is 2. The van der Waals surface area contributed by atoms with Crippen molar-refractivity contribution < 1.29 is 13.9 Å². The second-order valence-corrected chi connectivity index (χ2v) is 7.29. The van der Waals surface area contributed by atoms with Gasteiger partial charge in [0, 0.05) is 37.1 Å². The summed E-state index contributed by atoms with van der Waals surface area (Å²) < 4.78 is 29.1. The molecular weight excluding hydrogens is 391 g/mol. The van der Waals surface area contributed by atoms with Gasteiger partial charge in [0.2, 0.25) is 0 Å². The van der Waals surface area contributed by atoms with Crippen LogP contribution in [0.5, 0.6) is 5.75 Å². The number of hydrogen-bond acceptors (Lipinski definition) is 7. The quantitative estimate of drug-likeness (QED) is 0.615. The van der Waals surface area contributed by atoms with Gasteiger partial charge in [-0.15, -0.1) is 0 Å². The van der Waals surface area contributed by atoms with Crippen molar-refractivity contribution in [1.29, 1.82) is 0 Å². The lowest BCUT2D eigenvalue weighted by Gasteiger charge is -2.23. The standard InChI is InChI=1S/C21H21FN4O2S/c1-13-8-16(26-29)10-18-20(13)21(24-12-23-18)25-17-3-2-15(22)9-19(17)28-11-14-4-6-27-7-5-14/h2-3,8-10,12,14H,4-7,11H2,1H3,(H,23,24,25). The molecule has 0 unspecified atom stereocenters. The first-order valence-corrected chi connectivity index (χ1v) is 9.86. The second kappa shape index (κ2) is 8.75. The van der Waals surface area contributed by atoms with Gasteiger partial charge in [0.15, 0.2) is 0 Å². The molecule has 3 aromatic rings. The topological polar surface area (TPSA) is 68.6 Å². The molecule has 1 fully saturated rings. The van der Waals surface area contributed by atoms with E-state index in [0.29, 0.717) is 35.5 Å². The van der Waals surface area contributed by atoms with Gasteiger partial charge in [-0.2, -0.15) is 4.36 Å². The van der Waals surface area contributed by atoms with Gasteiger partial charge in [-0.05, 0) is 55.5 Å². The Morgan fingerprint density at radius 3 is 2.86 bits per heavy atom. The van der Waals surface area contributed by atoms with Gasteiger partial charge >= 0.3 is 0 Å². The van der Waals surface area contributed by atoms with E-state index in [4.69, 9.17) is 21.9 Å². The van der Waals surface area contributed by atoms with Gasteiger partial charge < -0.3 is 14.8 Å². The van der Waals surface area contributed by atoms with E-state index in [9.17, 15) is 4.39 Å². The Balaban J connectivity index is 1.63. The highest BCUT2D eigenvalue weighted by atomic mass is 32.1. The molecule has 0 bridgehead atoms. The number of aromatic nitrogens is 2. The molecule has 1 aliphatic rings. The smallest absolute Gasteiger partial charge is 0.145 e. The van der Waals surface area contributed by atoms with Crippen LogP contribution in [0.25, 0.3) is 10.9 Å². The average molecular weight is 412 g/mol. The maximum Gasteiger partial charge on any atom is 0.145 e. The lowest BCUT2D eigenvalue weighted by molar-refractivity contribution is 0.0498. The zero-order valence-electron chi connectivity index (χ0n) is 16.0. The van der Waals surface area contributed by atoms with Crippen molar-refractivity contribution in [3.05, 3.63) is 48.0 Å². The molecule has 0 spiro atoms. The predicted molar refractivity (Wildman–Crippen MR) is 112 cm³/mol. The van der Waals surface area contributed by atoms with Crippen LogP contribution in [0, 0.1) is 18.7 Å². The summed E-state index contributed by atoms with van der Waals surface area (Å²) in [4.78, 5) is 8.71. The Morgan fingerprint density at radius 2 is 2.07 bits per heavy atom. The molecule has 0 saturated carbocycles. The maximum atomic E-state index is 13.9. The van der Waals surface area contributed by atoms with Crippen LogP contribution in [0.4, 0.5) is 21.6 Å². The van der Waals surface area contributed by atoms with E-state index in [1.54, 1.807) is 6.07 Å². The predicted octanol–water partition coefficient (Wildman–Crippen LogP) is 4.99. The molecule has 1 aliphatic heterocycles. The van der Waals surface area contributed by atoms with Crippen molar-refractivity contribution in [3.63, 3.8) is 0 Å². The largest absolute Gasteiger partial charge is 0.491 e. The third-order valence-electron chi connectivity index (χ3n) is 5.04. The van der Waals surface area contributed by atoms with Gasteiger partial charge in [0.25, 0.3) is 0 Å². The zero-order valence-corrected chi connectivity index (χ0v) is 16.8. The molecule has 0 radical (unpaired) electrons. The highest BCUT2D eigenvalue weighted by Gasteiger charge is 2.17. The number of nitrogens with zero attached hydrogens (tertiary/aromatic N) is 3. The molecule has 29 heavy (non-hydrogen) atoms. The molecule has 6 nitrogen and oxygen atoms in total. The number of hydrogen-bond donors (Lipinski definition) is 1. The van der Waals surface area contributed by atoms with Crippen LogP contribution in [0.1, 0.15) is 18.4 Å². The molecule has 1 saturated heterocycles. The fourth-order valence-corrected chi connectivity index (χ4v) is 3.59. The Labute approximate surface area is 173 Å². The molecule has 150 valence electrons. The zero-order chi connectivity index (χ0) is 20.2. The number of fused-ring (bicyclic) bond motifs is 1. The van der Waals surface area contributed by atoms with Crippen molar-refractivity contribution in [1.82, 2.24) is 9.97 Å². The summed E-state index contributed by atoms with van der Waals surface area (Å²) in [6, 6.07) is 8.15. The third kappa shape index (κ3) is 4.49. The SMILES string of the molecule is Cc1cc(N=S)cc2ncnc(Nc3ccc(F)cc3OCC3CCOCC3)c12. The van der Waals surface area contributed by atoms with Gasteiger partial charge in [0.05, 0.1) is 23.5 Å². The van der Waals surface area contributed by atoms with Crippen LogP contribution >= 0.6 is 0 Å². The number of benzene rings is 2. The fourth-order valence-electron chi connectivity index (χ4n) is 3.49. The van der Waals surface area contributed by atoms with Crippen molar-refractivity contribution in [3.8, 4) is 5.75 Å². The minimum absolute atomic E-state index is 0.349. The van der Waals surface area contributed by atoms with Crippen LogP contribution in [-0.2, 0) is 17.2 Å². The van der Waals surface area contributed by atoms with Crippen molar-refractivity contribution in [2.75, 3.05) is 25.1 Å². The minimum Gasteiger partial charge on any atom is -0.491 e. The minimum atomic E-state index is -0.349. The van der Waals surface area contributed by atoms with Crippen molar-refractivity contribution >= 4 is 40.5 Å². The van der Waals surface area contributed by atoms with E-state index in [0.717, 1.165) is 42.5 Å². The van der Waals surface area contributed by atoms with E-state index < -0.39 is 0 Å². The Bertz CT molecular complexity index is 1040. The summed E-state index contributed by atoms with van der Waals surface area (Å²) >= 11 is 4.80. The van der Waals surface area contributed by atoms with Crippen LogP contribution in [0.3, 0.4) is 0 Å². The summed E-state index contributed by atoms with van der Waals surface area (Å²) in [6.07, 6.45) is 3.37. The first-order valence-electron chi connectivity index (χ1n) is 9.50. The van der Waals surface area contributed by atoms with Crippen molar-refractivity contribution in [2.45, 2.75) is 19.8 Å². The monoisotopic (exact) mass is 412 g/mol. The number of ether oxygens (including phenoxy) is 2. The Morgan fingerprint density at radius 1 is 1.24 bits per heavy atom. The molecule has 0 amide bonds. The number of aryl methyl sites for hydroxylation is 1. The summed E-state index contributed by atoms with van der Waals surface area (Å²) in [5, 5.41) is 4.14. The van der Waals surface area contributed by atoms with Gasteiger partial charge in [-0.25, -0.2) is 14.4 Å². The van der Waals surface area contributed by atoms with E-state index >= 15 is 0 Å². The number of nitrogens with one attached hydrogen (secondary N) is 1. The fraction of sp³-hybridized carbons (Fsp3) is 0.333. The molecule has 2 aromatic carbocycles. The molecule has 8 heteroatoms. The molecule has 2 heterocycles. The summed E-state index contributed by atoms with van der Waals surface area (Å²) in [7, 11) is 0. The molecule has 1 aromatic heterocycles. The third-order valence-corrected chi connectivity index (χ3v) is 5.25. The normalized spacial score (nSPS) is 14.7. The second-order valence-electron chi connectivity index (χ2n) is 7.10. The molecule has 0 aliphatic carbocycles. The van der Waals surface area contributed by atoms with E-state index in [1.165, 1.54) is 18.5 Å². The summed E-state index contributed by atoms with van der Waals surface area (Å²) in [5.74, 6) is 1.13. The van der Waals surface area contributed by atoms with Gasteiger partial charge in [-0.1, -0.05) is 0 Å². The van der Waals surface area contributed by atoms with Crippen LogP contribution in [-0.4, -0.2) is 29.8 Å². The van der Waals surface area contributed by atoms with Gasteiger partial charge in [-0.3, -0.25) is 0 Å². The first-order chi connectivity index (χ1) is 14.1. The average Bonchev–Trinajstić information content (AvgIpc) is 2.74. The lowest BCUT2D eigenvalue weighted by Crippen LogP contribution is -2.21. The lowest BCUT2D eigenvalue weighted by atomic mass is 10.0. The number of rotatable bonds is 6. The van der Waals surface area contributed by atoms with Crippen LogP contribution in [0.15, 0.2) is 41.0 Å². The highest BCUT2D eigenvalue weighted by molar-refractivity contribution is 7.47. The van der Waals surface area contributed by atoms with Crippen molar-refractivity contribution in [2.24, 2.45) is 10.3 Å². The molecule has 0 atom stereocenters. The molecule has 4 rings (SSSR count). The Kier molecular flexibility index (Phi) is 5.92. The Hall–Kier alpha value is -2.71. The van der Waals surface area contributed by atoms with Crippen LogP contribution in [0.2, 0.25) is 0 Å². The molecule has 1 N–H and O–H groups in total. The number of halogens is 1. The van der Waals surface area contributed by atoms with Crippen LogP contribution < -0.4 is 10.1 Å². The first kappa shape index (κ1) is 19.6. The maximum absolute atomic E-state index is 13.9. The van der Waals surface area contributed by atoms with E-state index in [-0.39, 0.29) is 5.82 Å². The summed E-state index contributed by atoms with van der Waals surface area (Å²) in [6.45, 7) is 3.96. The van der Waals surface area contributed by atoms with Gasteiger partial charge in [0.1, 0.15) is 23.7 Å². The van der Waals surface area contributed by atoms with E-state index in [1.807, 2.05) is 19.1 Å². The van der Waals surface area contributed by atoms with E-state index in [2.05, 4.69) is 19.6 Å².